The Morgan fingerprint density at radius 2 is 2.07 bits per heavy atom. The number of aromatic nitrogens is 4. The number of aryl methyl sites for hydroxylation is 2. The SMILES string of the molecule is CCCc1nn(C)c2c(=O)[nH]c(-c3cc(S(=O)(=O)NC4CC4)ccc3OCC)nc12. The van der Waals surface area contributed by atoms with Gasteiger partial charge in [-0.15, -0.1) is 0 Å². The molecule has 0 radical (unpaired) electrons. The standard InChI is InChI=1S/C20H25N5O4S/c1-4-6-15-17-18(25(3)23-15)20(26)22-19(21-17)14-11-13(9-10-16(14)29-5-2)30(27,28)24-12-7-8-12/h9-12,24H,4-8H2,1-3H3,(H,21,22,26). The monoisotopic (exact) mass is 431 g/mol. The van der Waals surface area contributed by atoms with Crippen LogP contribution in [0.15, 0.2) is 27.9 Å². The summed E-state index contributed by atoms with van der Waals surface area (Å²) in [4.78, 5) is 20.3. The van der Waals surface area contributed by atoms with Gasteiger partial charge in [-0.25, -0.2) is 18.1 Å². The average molecular weight is 432 g/mol. The Balaban J connectivity index is 1.89. The minimum absolute atomic E-state index is 0.00806. The summed E-state index contributed by atoms with van der Waals surface area (Å²) >= 11 is 0. The van der Waals surface area contributed by atoms with Crippen molar-refractivity contribution in [2.45, 2.75) is 50.5 Å². The Hall–Kier alpha value is -2.72. The quantitative estimate of drug-likeness (QED) is 0.564. The summed E-state index contributed by atoms with van der Waals surface area (Å²) in [5.74, 6) is 0.705. The lowest BCUT2D eigenvalue weighted by molar-refractivity contribution is 0.341. The lowest BCUT2D eigenvalue weighted by Gasteiger charge is -2.13. The smallest absolute Gasteiger partial charge is 0.277 e. The zero-order chi connectivity index (χ0) is 21.5. The molecular weight excluding hydrogens is 406 g/mol. The third kappa shape index (κ3) is 3.84. The number of nitrogens with one attached hydrogen (secondary N) is 2. The molecule has 3 aromatic rings. The van der Waals surface area contributed by atoms with Crippen LogP contribution in [-0.4, -0.2) is 40.8 Å². The fraction of sp³-hybridized carbons (Fsp3) is 0.450. The van der Waals surface area contributed by atoms with E-state index in [4.69, 9.17) is 4.74 Å². The Morgan fingerprint density at radius 1 is 1.30 bits per heavy atom. The fourth-order valence-electron chi connectivity index (χ4n) is 3.41. The zero-order valence-corrected chi connectivity index (χ0v) is 18.0. The third-order valence-corrected chi connectivity index (χ3v) is 6.48. The maximum Gasteiger partial charge on any atom is 0.277 e. The van der Waals surface area contributed by atoms with Crippen molar-refractivity contribution < 1.29 is 13.2 Å². The van der Waals surface area contributed by atoms with Gasteiger partial charge in [0.1, 0.15) is 17.1 Å². The Morgan fingerprint density at radius 3 is 2.73 bits per heavy atom. The molecule has 9 nitrogen and oxygen atoms in total. The molecule has 1 aliphatic carbocycles. The summed E-state index contributed by atoms with van der Waals surface area (Å²) in [6.45, 7) is 4.26. The van der Waals surface area contributed by atoms with Crippen LogP contribution < -0.4 is 15.0 Å². The van der Waals surface area contributed by atoms with E-state index in [0.717, 1.165) is 25.0 Å². The Labute approximate surface area is 174 Å². The molecule has 160 valence electrons. The van der Waals surface area contributed by atoms with Crippen LogP contribution in [0.25, 0.3) is 22.4 Å². The zero-order valence-electron chi connectivity index (χ0n) is 17.2. The highest BCUT2D eigenvalue weighted by Crippen LogP contribution is 2.32. The van der Waals surface area contributed by atoms with Crippen molar-refractivity contribution in [3.05, 3.63) is 34.2 Å². The first-order valence-electron chi connectivity index (χ1n) is 10.1. The molecule has 0 amide bonds. The van der Waals surface area contributed by atoms with Crippen LogP contribution in [0.1, 0.15) is 38.8 Å². The maximum absolute atomic E-state index is 12.8. The number of nitrogens with zero attached hydrogens (tertiary/aromatic N) is 3. The number of benzene rings is 1. The van der Waals surface area contributed by atoms with Crippen LogP contribution in [0.5, 0.6) is 5.75 Å². The number of sulfonamides is 1. The van der Waals surface area contributed by atoms with E-state index >= 15 is 0 Å². The van der Waals surface area contributed by atoms with Gasteiger partial charge in [-0.1, -0.05) is 13.3 Å². The lowest BCUT2D eigenvalue weighted by Crippen LogP contribution is -2.25. The van der Waals surface area contributed by atoms with Crippen LogP contribution in [0, 0.1) is 0 Å². The first-order chi connectivity index (χ1) is 14.3. The molecule has 2 aromatic heterocycles. The molecule has 0 atom stereocenters. The summed E-state index contributed by atoms with van der Waals surface area (Å²) < 4.78 is 35.3. The molecule has 1 fully saturated rings. The Kier molecular flexibility index (Phi) is 5.37. The lowest BCUT2D eigenvalue weighted by atomic mass is 10.1. The van der Waals surface area contributed by atoms with Crippen molar-refractivity contribution in [3.63, 3.8) is 0 Å². The normalized spacial score (nSPS) is 14.4. The first-order valence-corrected chi connectivity index (χ1v) is 11.6. The summed E-state index contributed by atoms with van der Waals surface area (Å²) in [7, 11) is -1.96. The first kappa shape index (κ1) is 20.5. The van der Waals surface area contributed by atoms with Gasteiger partial charge in [0.2, 0.25) is 10.0 Å². The van der Waals surface area contributed by atoms with Crippen LogP contribution >= 0.6 is 0 Å². The van der Waals surface area contributed by atoms with Crippen LogP contribution in [-0.2, 0) is 23.5 Å². The van der Waals surface area contributed by atoms with Crippen molar-refractivity contribution >= 4 is 21.1 Å². The Bertz CT molecular complexity index is 1260. The largest absolute Gasteiger partial charge is 0.493 e. The van der Waals surface area contributed by atoms with Crippen molar-refractivity contribution in [2.75, 3.05) is 6.61 Å². The molecule has 10 heteroatoms. The molecule has 4 rings (SSSR count). The van der Waals surface area contributed by atoms with E-state index in [1.165, 1.54) is 16.8 Å². The number of rotatable bonds is 8. The molecule has 0 spiro atoms. The van der Waals surface area contributed by atoms with Crippen LogP contribution in [0.3, 0.4) is 0 Å². The van der Waals surface area contributed by atoms with Crippen molar-refractivity contribution in [3.8, 4) is 17.1 Å². The van der Waals surface area contributed by atoms with Crippen molar-refractivity contribution in [2.24, 2.45) is 7.05 Å². The van der Waals surface area contributed by atoms with E-state index in [0.29, 0.717) is 35.4 Å². The number of aromatic amines is 1. The van der Waals surface area contributed by atoms with Gasteiger partial charge in [-0.2, -0.15) is 5.10 Å². The van der Waals surface area contributed by atoms with Gasteiger partial charge in [-0.3, -0.25) is 9.48 Å². The topological polar surface area (TPSA) is 119 Å². The van der Waals surface area contributed by atoms with E-state index < -0.39 is 10.0 Å². The van der Waals surface area contributed by atoms with E-state index in [1.54, 1.807) is 13.1 Å². The fourth-order valence-corrected chi connectivity index (χ4v) is 4.74. The van der Waals surface area contributed by atoms with E-state index in [-0.39, 0.29) is 22.3 Å². The minimum Gasteiger partial charge on any atom is -0.493 e. The number of hydrogen-bond donors (Lipinski definition) is 2. The summed E-state index contributed by atoms with van der Waals surface area (Å²) in [6, 6.07) is 4.59. The second kappa shape index (κ2) is 7.84. The number of hydrogen-bond acceptors (Lipinski definition) is 6. The highest BCUT2D eigenvalue weighted by molar-refractivity contribution is 7.89. The number of H-pyrrole nitrogens is 1. The molecule has 1 aliphatic rings. The van der Waals surface area contributed by atoms with Gasteiger partial charge in [0.15, 0.2) is 5.52 Å². The van der Waals surface area contributed by atoms with Gasteiger partial charge < -0.3 is 9.72 Å². The van der Waals surface area contributed by atoms with Gasteiger partial charge >= 0.3 is 0 Å². The van der Waals surface area contributed by atoms with Gasteiger partial charge in [0, 0.05) is 13.1 Å². The predicted octanol–water partition coefficient (Wildman–Crippen LogP) is 2.12. The summed E-state index contributed by atoms with van der Waals surface area (Å²) in [5.41, 5.74) is 1.73. The minimum atomic E-state index is -3.67. The van der Waals surface area contributed by atoms with E-state index in [9.17, 15) is 13.2 Å². The third-order valence-electron chi connectivity index (χ3n) is 4.96. The van der Waals surface area contributed by atoms with Gasteiger partial charge in [0.25, 0.3) is 5.56 Å². The maximum atomic E-state index is 12.8. The highest BCUT2D eigenvalue weighted by Gasteiger charge is 2.29. The molecule has 0 unspecified atom stereocenters. The number of fused-ring (bicyclic) bond motifs is 1. The second-order valence-corrected chi connectivity index (χ2v) is 9.13. The van der Waals surface area contributed by atoms with Crippen LogP contribution in [0.2, 0.25) is 0 Å². The molecular formula is C20H25N5O4S. The molecule has 2 N–H and O–H groups in total. The molecule has 2 heterocycles. The van der Waals surface area contributed by atoms with Crippen LogP contribution in [0.4, 0.5) is 0 Å². The molecule has 30 heavy (non-hydrogen) atoms. The number of ether oxygens (including phenoxy) is 1. The summed E-state index contributed by atoms with van der Waals surface area (Å²) in [5, 5.41) is 4.43. The average Bonchev–Trinajstić information content (AvgIpc) is 3.44. The van der Waals surface area contributed by atoms with E-state index in [1.807, 2.05) is 13.8 Å². The molecule has 1 aromatic carbocycles. The second-order valence-electron chi connectivity index (χ2n) is 7.42. The predicted molar refractivity (Wildman–Crippen MR) is 113 cm³/mol. The highest BCUT2D eigenvalue weighted by atomic mass is 32.2. The molecule has 0 bridgehead atoms. The van der Waals surface area contributed by atoms with Gasteiger partial charge in [-0.05, 0) is 44.4 Å². The van der Waals surface area contributed by atoms with E-state index in [2.05, 4.69) is 19.8 Å². The molecule has 0 saturated heterocycles. The van der Waals surface area contributed by atoms with Gasteiger partial charge in [0.05, 0.1) is 22.8 Å². The summed E-state index contributed by atoms with van der Waals surface area (Å²) in [6.07, 6.45) is 3.23. The molecule has 1 saturated carbocycles. The van der Waals surface area contributed by atoms with Crippen molar-refractivity contribution in [1.82, 2.24) is 24.5 Å². The van der Waals surface area contributed by atoms with Crippen molar-refractivity contribution in [1.29, 1.82) is 0 Å². The molecule has 0 aliphatic heterocycles.